The first-order chi connectivity index (χ1) is 11.3. The normalized spacial score (nSPS) is 16.0. The van der Waals surface area contributed by atoms with E-state index in [2.05, 4.69) is 10.6 Å². The van der Waals surface area contributed by atoms with Crippen LogP contribution < -0.4 is 10.6 Å². The summed E-state index contributed by atoms with van der Waals surface area (Å²) in [4.78, 5) is 34.4. The lowest BCUT2D eigenvalue weighted by Gasteiger charge is -2.29. The summed E-state index contributed by atoms with van der Waals surface area (Å²) in [5, 5.41) is 5.60. The van der Waals surface area contributed by atoms with Gasteiger partial charge in [0, 0.05) is 39.2 Å². The van der Waals surface area contributed by atoms with Crippen LogP contribution in [0.15, 0.2) is 36.0 Å². The van der Waals surface area contributed by atoms with E-state index in [1.165, 1.54) is 27.0 Å². The highest BCUT2D eigenvalue weighted by Crippen LogP contribution is 2.22. The van der Waals surface area contributed by atoms with Crippen LogP contribution in [0.4, 0.5) is 5.69 Å². The molecule has 2 rings (SSSR count). The summed E-state index contributed by atoms with van der Waals surface area (Å²) in [6, 6.07) is 7.40. The first-order valence-electron chi connectivity index (χ1n) is 7.53. The number of nitrogens with one attached hydrogen (secondary N) is 2. The van der Waals surface area contributed by atoms with Crippen molar-refractivity contribution in [1.29, 1.82) is 0 Å². The average Bonchev–Trinajstić information content (AvgIpc) is 2.46. The maximum absolute atomic E-state index is 11.8. The fraction of sp³-hybridized carbons (Fsp3) is 0.353. The summed E-state index contributed by atoms with van der Waals surface area (Å²) in [6.45, 7) is 5.03. The Labute approximate surface area is 140 Å². The fourth-order valence-electron chi connectivity index (χ4n) is 2.08. The number of carbonyl (C=O) groups is 3. The van der Waals surface area contributed by atoms with E-state index >= 15 is 0 Å². The van der Waals surface area contributed by atoms with Crippen LogP contribution in [0.3, 0.4) is 0 Å². The van der Waals surface area contributed by atoms with Crippen LogP contribution in [-0.2, 0) is 30.3 Å². The first kappa shape index (κ1) is 17.5. The average molecular weight is 332 g/mol. The second-order valence-electron chi connectivity index (χ2n) is 5.81. The van der Waals surface area contributed by atoms with Crippen LogP contribution in [0.1, 0.15) is 26.3 Å². The molecule has 1 aliphatic rings. The third-order valence-electron chi connectivity index (χ3n) is 3.24. The molecule has 0 unspecified atom stereocenters. The fourth-order valence-corrected chi connectivity index (χ4v) is 2.08. The number of cyclic esters (lactones) is 2. The van der Waals surface area contributed by atoms with Crippen molar-refractivity contribution in [2.45, 2.75) is 33.0 Å². The number of amides is 1. The molecule has 0 aliphatic carbocycles. The van der Waals surface area contributed by atoms with E-state index in [9.17, 15) is 14.4 Å². The molecule has 1 heterocycles. The summed E-state index contributed by atoms with van der Waals surface area (Å²) < 4.78 is 10.0. The minimum Gasteiger partial charge on any atom is -0.419 e. The van der Waals surface area contributed by atoms with Crippen molar-refractivity contribution >= 4 is 23.5 Å². The van der Waals surface area contributed by atoms with E-state index < -0.39 is 17.7 Å². The molecular formula is C17H20N2O5. The van der Waals surface area contributed by atoms with Crippen molar-refractivity contribution in [1.82, 2.24) is 5.32 Å². The van der Waals surface area contributed by atoms with E-state index in [1.54, 1.807) is 0 Å². The van der Waals surface area contributed by atoms with Gasteiger partial charge in [-0.2, -0.15) is 0 Å². The number of carbonyl (C=O) groups excluding carboxylic acids is 3. The lowest BCUT2D eigenvalue weighted by Crippen LogP contribution is -2.42. The Morgan fingerprint density at radius 3 is 2.25 bits per heavy atom. The SMILES string of the molecule is CC(=O)NCCc1ccc(NC=C2C(=O)OC(C)(C)OC2=O)cc1. The van der Waals surface area contributed by atoms with Gasteiger partial charge in [0.25, 0.3) is 5.79 Å². The van der Waals surface area contributed by atoms with Crippen molar-refractivity contribution in [3.05, 3.63) is 41.6 Å². The molecule has 1 aromatic rings. The van der Waals surface area contributed by atoms with Gasteiger partial charge in [-0.05, 0) is 24.1 Å². The number of esters is 2. The minimum atomic E-state index is -1.25. The largest absolute Gasteiger partial charge is 0.419 e. The van der Waals surface area contributed by atoms with E-state index in [0.717, 1.165) is 5.56 Å². The van der Waals surface area contributed by atoms with Gasteiger partial charge in [0.05, 0.1) is 0 Å². The maximum Gasteiger partial charge on any atom is 0.350 e. The highest BCUT2D eigenvalue weighted by molar-refractivity contribution is 6.15. The van der Waals surface area contributed by atoms with Crippen molar-refractivity contribution < 1.29 is 23.9 Å². The van der Waals surface area contributed by atoms with Crippen molar-refractivity contribution in [3.63, 3.8) is 0 Å². The summed E-state index contributed by atoms with van der Waals surface area (Å²) in [7, 11) is 0. The van der Waals surface area contributed by atoms with Crippen LogP contribution in [0.25, 0.3) is 0 Å². The molecule has 1 saturated heterocycles. The predicted molar refractivity (Wildman–Crippen MR) is 86.8 cm³/mol. The molecule has 0 radical (unpaired) electrons. The summed E-state index contributed by atoms with van der Waals surface area (Å²) in [6.07, 6.45) is 1.99. The second-order valence-corrected chi connectivity index (χ2v) is 5.81. The number of anilines is 1. The van der Waals surface area contributed by atoms with Gasteiger partial charge in [0.2, 0.25) is 5.91 Å². The molecule has 0 aromatic heterocycles. The van der Waals surface area contributed by atoms with Crippen molar-refractivity contribution in [2.24, 2.45) is 0 Å². The Balaban J connectivity index is 1.95. The van der Waals surface area contributed by atoms with Gasteiger partial charge in [-0.3, -0.25) is 4.79 Å². The highest BCUT2D eigenvalue weighted by atomic mass is 16.7. The summed E-state index contributed by atoms with van der Waals surface area (Å²) >= 11 is 0. The number of hydrogen-bond acceptors (Lipinski definition) is 6. The van der Waals surface area contributed by atoms with Gasteiger partial charge < -0.3 is 20.1 Å². The minimum absolute atomic E-state index is 0.0608. The molecular weight excluding hydrogens is 312 g/mol. The van der Waals surface area contributed by atoms with Crippen LogP contribution >= 0.6 is 0 Å². The third-order valence-corrected chi connectivity index (χ3v) is 3.24. The van der Waals surface area contributed by atoms with Gasteiger partial charge in [-0.25, -0.2) is 9.59 Å². The Bertz CT molecular complexity index is 655. The van der Waals surface area contributed by atoms with E-state index in [1.807, 2.05) is 24.3 Å². The topological polar surface area (TPSA) is 93.7 Å². The van der Waals surface area contributed by atoms with Gasteiger partial charge in [-0.1, -0.05) is 12.1 Å². The lowest BCUT2D eigenvalue weighted by molar-refractivity contribution is -0.222. The van der Waals surface area contributed by atoms with Gasteiger partial charge in [0.1, 0.15) is 0 Å². The Hall–Kier alpha value is -2.83. The molecule has 0 atom stereocenters. The van der Waals surface area contributed by atoms with E-state index in [4.69, 9.17) is 9.47 Å². The molecule has 7 heteroatoms. The standard InChI is InChI=1S/C17H20N2O5/c1-11(20)18-9-8-12-4-6-13(7-5-12)19-10-14-15(21)23-17(2,3)24-16(14)22/h4-7,10,19H,8-9H2,1-3H3,(H,18,20). The number of hydrogen-bond donors (Lipinski definition) is 2. The molecule has 0 saturated carbocycles. The maximum atomic E-state index is 11.8. The molecule has 1 aromatic carbocycles. The van der Waals surface area contributed by atoms with Crippen LogP contribution in [0.5, 0.6) is 0 Å². The predicted octanol–water partition coefficient (Wildman–Crippen LogP) is 1.50. The monoisotopic (exact) mass is 332 g/mol. The molecule has 128 valence electrons. The summed E-state index contributed by atoms with van der Waals surface area (Å²) in [5.41, 5.74) is 1.57. The molecule has 7 nitrogen and oxygen atoms in total. The summed E-state index contributed by atoms with van der Waals surface area (Å²) in [5.74, 6) is -2.76. The highest BCUT2D eigenvalue weighted by Gasteiger charge is 2.38. The van der Waals surface area contributed by atoms with E-state index in [0.29, 0.717) is 18.7 Å². The Morgan fingerprint density at radius 2 is 1.71 bits per heavy atom. The molecule has 24 heavy (non-hydrogen) atoms. The van der Waals surface area contributed by atoms with Gasteiger partial charge in [0.15, 0.2) is 5.57 Å². The quantitative estimate of drug-likeness (QED) is 0.482. The third kappa shape index (κ3) is 4.84. The molecule has 0 bridgehead atoms. The zero-order valence-electron chi connectivity index (χ0n) is 13.8. The van der Waals surface area contributed by atoms with Crippen LogP contribution in [0, 0.1) is 0 Å². The number of ether oxygens (including phenoxy) is 2. The molecule has 2 N–H and O–H groups in total. The van der Waals surface area contributed by atoms with Crippen molar-refractivity contribution in [3.8, 4) is 0 Å². The Kier molecular flexibility index (Phi) is 5.23. The van der Waals surface area contributed by atoms with Crippen LogP contribution in [-0.4, -0.2) is 30.2 Å². The molecule has 1 amide bonds. The number of rotatable bonds is 5. The zero-order chi connectivity index (χ0) is 17.7. The van der Waals surface area contributed by atoms with Gasteiger partial charge >= 0.3 is 11.9 Å². The van der Waals surface area contributed by atoms with Gasteiger partial charge in [-0.15, -0.1) is 0 Å². The van der Waals surface area contributed by atoms with E-state index in [-0.39, 0.29) is 11.5 Å². The zero-order valence-corrected chi connectivity index (χ0v) is 13.8. The number of benzene rings is 1. The van der Waals surface area contributed by atoms with Crippen molar-refractivity contribution in [2.75, 3.05) is 11.9 Å². The molecule has 0 spiro atoms. The molecule has 1 fully saturated rings. The molecule has 1 aliphatic heterocycles. The smallest absolute Gasteiger partial charge is 0.350 e. The second kappa shape index (κ2) is 7.16. The Morgan fingerprint density at radius 1 is 1.12 bits per heavy atom. The lowest BCUT2D eigenvalue weighted by atomic mass is 10.1. The first-order valence-corrected chi connectivity index (χ1v) is 7.53. The van der Waals surface area contributed by atoms with Crippen LogP contribution in [0.2, 0.25) is 0 Å².